The highest BCUT2D eigenvalue weighted by molar-refractivity contribution is 5.39. The number of anilines is 1. The average molecular weight is 232 g/mol. The Morgan fingerprint density at radius 1 is 1.35 bits per heavy atom. The van der Waals surface area contributed by atoms with E-state index in [0.717, 1.165) is 37.6 Å². The largest absolute Gasteiger partial charge is 0.378 e. The molecule has 0 aromatic carbocycles. The fourth-order valence-electron chi connectivity index (χ4n) is 3.00. The maximum atomic E-state index is 5.84. The Morgan fingerprint density at radius 3 is 3.18 bits per heavy atom. The molecule has 2 aliphatic heterocycles. The molecule has 3 heteroatoms. The minimum absolute atomic E-state index is 0.504. The topological polar surface area (TPSA) is 25.4 Å². The van der Waals surface area contributed by atoms with Crippen LogP contribution in [0.3, 0.4) is 0 Å². The number of ether oxygens (including phenoxy) is 1. The van der Waals surface area contributed by atoms with Crippen LogP contribution in [0.5, 0.6) is 0 Å². The number of pyridine rings is 1. The lowest BCUT2D eigenvalue weighted by molar-refractivity contribution is -0.0358. The van der Waals surface area contributed by atoms with E-state index < -0.39 is 0 Å². The van der Waals surface area contributed by atoms with E-state index in [0.29, 0.717) is 12.0 Å². The minimum Gasteiger partial charge on any atom is -0.378 e. The smallest absolute Gasteiger partial charge is 0.128 e. The van der Waals surface area contributed by atoms with Crippen LogP contribution < -0.4 is 4.90 Å². The van der Waals surface area contributed by atoms with Crippen molar-refractivity contribution in [1.29, 1.82) is 0 Å². The first-order valence-corrected chi connectivity index (χ1v) is 6.63. The molecule has 2 aliphatic rings. The molecule has 0 aliphatic carbocycles. The van der Waals surface area contributed by atoms with Gasteiger partial charge in [-0.05, 0) is 38.3 Å². The fraction of sp³-hybridized carbons (Fsp3) is 0.643. The second-order valence-corrected chi connectivity index (χ2v) is 5.18. The van der Waals surface area contributed by atoms with Gasteiger partial charge in [0.15, 0.2) is 0 Å². The van der Waals surface area contributed by atoms with Crippen molar-refractivity contribution in [2.45, 2.75) is 32.3 Å². The van der Waals surface area contributed by atoms with Gasteiger partial charge in [0.25, 0.3) is 0 Å². The van der Waals surface area contributed by atoms with Gasteiger partial charge in [-0.15, -0.1) is 0 Å². The summed E-state index contributed by atoms with van der Waals surface area (Å²) in [5.74, 6) is 1.84. The van der Waals surface area contributed by atoms with Gasteiger partial charge in [-0.3, -0.25) is 0 Å². The van der Waals surface area contributed by atoms with Crippen molar-refractivity contribution in [3.8, 4) is 0 Å². The van der Waals surface area contributed by atoms with Crippen molar-refractivity contribution in [1.82, 2.24) is 4.98 Å². The van der Waals surface area contributed by atoms with E-state index in [4.69, 9.17) is 4.74 Å². The number of aromatic nitrogens is 1. The van der Waals surface area contributed by atoms with Gasteiger partial charge in [0, 0.05) is 31.3 Å². The van der Waals surface area contributed by atoms with Gasteiger partial charge >= 0.3 is 0 Å². The molecular weight excluding hydrogens is 212 g/mol. The lowest BCUT2D eigenvalue weighted by atomic mass is 9.88. The molecule has 2 atom stereocenters. The summed E-state index contributed by atoms with van der Waals surface area (Å²) in [6.45, 7) is 5.21. The molecule has 0 amide bonds. The Bertz CT molecular complexity index is 394. The van der Waals surface area contributed by atoms with E-state index in [-0.39, 0.29) is 0 Å². The molecule has 1 aromatic heterocycles. The predicted octanol–water partition coefficient (Wildman–Crippen LogP) is 2.40. The number of rotatable bonds is 1. The Balaban J connectivity index is 1.73. The van der Waals surface area contributed by atoms with E-state index >= 15 is 0 Å². The Kier molecular flexibility index (Phi) is 3.02. The Hall–Kier alpha value is -1.09. The van der Waals surface area contributed by atoms with Gasteiger partial charge < -0.3 is 9.64 Å². The molecule has 0 unspecified atom stereocenters. The van der Waals surface area contributed by atoms with Gasteiger partial charge in [0.1, 0.15) is 5.82 Å². The van der Waals surface area contributed by atoms with Crippen LogP contribution in [-0.2, 0) is 4.74 Å². The molecule has 0 radical (unpaired) electrons. The van der Waals surface area contributed by atoms with Crippen LogP contribution in [-0.4, -0.2) is 30.8 Å². The third kappa shape index (κ3) is 2.29. The second kappa shape index (κ2) is 4.65. The second-order valence-electron chi connectivity index (χ2n) is 5.18. The summed E-state index contributed by atoms with van der Waals surface area (Å²) in [7, 11) is 0. The monoisotopic (exact) mass is 232 g/mol. The third-order valence-electron chi connectivity index (χ3n) is 3.91. The summed E-state index contributed by atoms with van der Waals surface area (Å²) in [5, 5.41) is 0. The lowest BCUT2D eigenvalue weighted by Gasteiger charge is -2.41. The SMILES string of the molecule is Cc1cccc(N2CC[C@@H]3OCCC[C@H]3C2)n1. The highest BCUT2D eigenvalue weighted by Crippen LogP contribution is 2.30. The summed E-state index contributed by atoms with van der Waals surface area (Å²) in [5.41, 5.74) is 1.10. The maximum Gasteiger partial charge on any atom is 0.128 e. The molecule has 92 valence electrons. The first-order chi connectivity index (χ1) is 8.33. The summed E-state index contributed by atoms with van der Waals surface area (Å²) in [6.07, 6.45) is 4.19. The van der Waals surface area contributed by atoms with Crippen LogP contribution in [0.15, 0.2) is 18.2 Å². The normalized spacial score (nSPS) is 28.9. The van der Waals surface area contributed by atoms with E-state index in [1.807, 2.05) is 0 Å². The highest BCUT2D eigenvalue weighted by atomic mass is 16.5. The zero-order valence-electron chi connectivity index (χ0n) is 10.4. The number of hydrogen-bond acceptors (Lipinski definition) is 3. The average Bonchev–Trinajstić information content (AvgIpc) is 2.38. The first kappa shape index (κ1) is 11.0. The summed E-state index contributed by atoms with van der Waals surface area (Å²) in [4.78, 5) is 7.04. The minimum atomic E-state index is 0.504. The van der Waals surface area contributed by atoms with Crippen molar-refractivity contribution < 1.29 is 4.74 Å². The molecule has 0 saturated carbocycles. The molecular formula is C14H20N2O. The molecule has 0 bridgehead atoms. The van der Waals surface area contributed by atoms with Crippen molar-refractivity contribution in [2.24, 2.45) is 5.92 Å². The molecule has 3 heterocycles. The van der Waals surface area contributed by atoms with Crippen molar-refractivity contribution in [3.05, 3.63) is 23.9 Å². The van der Waals surface area contributed by atoms with E-state index in [2.05, 4.69) is 35.0 Å². The van der Waals surface area contributed by atoms with Crippen LogP contribution in [0.1, 0.15) is 25.0 Å². The molecule has 2 fully saturated rings. The van der Waals surface area contributed by atoms with E-state index in [1.54, 1.807) is 0 Å². The van der Waals surface area contributed by atoms with Gasteiger partial charge in [-0.1, -0.05) is 6.07 Å². The quantitative estimate of drug-likeness (QED) is 0.743. The third-order valence-corrected chi connectivity index (χ3v) is 3.91. The fourth-order valence-corrected chi connectivity index (χ4v) is 3.00. The summed E-state index contributed by atoms with van der Waals surface area (Å²) in [6, 6.07) is 6.28. The van der Waals surface area contributed by atoms with Crippen LogP contribution in [0.2, 0.25) is 0 Å². The van der Waals surface area contributed by atoms with Crippen molar-refractivity contribution in [3.63, 3.8) is 0 Å². The Labute approximate surface area is 103 Å². The molecule has 1 aromatic rings. The lowest BCUT2D eigenvalue weighted by Crippen LogP contribution is -2.46. The van der Waals surface area contributed by atoms with E-state index in [9.17, 15) is 0 Å². The van der Waals surface area contributed by atoms with Gasteiger partial charge in [-0.25, -0.2) is 4.98 Å². The molecule has 3 rings (SSSR count). The van der Waals surface area contributed by atoms with Gasteiger partial charge in [0.05, 0.1) is 6.10 Å². The standard InChI is InChI=1S/C14H20N2O/c1-11-4-2-6-14(15-11)16-8-7-13-12(10-16)5-3-9-17-13/h2,4,6,12-13H,3,5,7-10H2,1H3/t12-,13-/m0/s1. The number of aryl methyl sites for hydroxylation is 1. The number of piperidine rings is 1. The van der Waals surface area contributed by atoms with Crippen LogP contribution >= 0.6 is 0 Å². The van der Waals surface area contributed by atoms with Gasteiger partial charge in [0.2, 0.25) is 0 Å². The Morgan fingerprint density at radius 2 is 2.29 bits per heavy atom. The predicted molar refractivity (Wildman–Crippen MR) is 68.3 cm³/mol. The maximum absolute atomic E-state index is 5.84. The molecule has 3 nitrogen and oxygen atoms in total. The summed E-state index contributed by atoms with van der Waals surface area (Å²) < 4.78 is 5.84. The van der Waals surface area contributed by atoms with Crippen molar-refractivity contribution in [2.75, 3.05) is 24.6 Å². The zero-order chi connectivity index (χ0) is 11.7. The first-order valence-electron chi connectivity index (χ1n) is 6.63. The van der Waals surface area contributed by atoms with Crippen molar-refractivity contribution >= 4 is 5.82 Å². The summed E-state index contributed by atoms with van der Waals surface area (Å²) >= 11 is 0. The molecule has 17 heavy (non-hydrogen) atoms. The van der Waals surface area contributed by atoms with Gasteiger partial charge in [-0.2, -0.15) is 0 Å². The van der Waals surface area contributed by atoms with Crippen LogP contribution in [0, 0.1) is 12.8 Å². The zero-order valence-corrected chi connectivity index (χ0v) is 10.4. The number of fused-ring (bicyclic) bond motifs is 1. The van der Waals surface area contributed by atoms with Crippen LogP contribution in [0.25, 0.3) is 0 Å². The number of hydrogen-bond donors (Lipinski definition) is 0. The van der Waals surface area contributed by atoms with E-state index in [1.165, 1.54) is 12.8 Å². The molecule has 2 saturated heterocycles. The highest BCUT2D eigenvalue weighted by Gasteiger charge is 2.32. The van der Waals surface area contributed by atoms with Crippen LogP contribution in [0.4, 0.5) is 5.82 Å². The molecule has 0 spiro atoms. The molecule has 0 N–H and O–H groups in total. The number of nitrogens with zero attached hydrogens (tertiary/aromatic N) is 2.